The smallest absolute Gasteiger partial charge is 0.228 e. The predicted molar refractivity (Wildman–Crippen MR) is 106 cm³/mol. The summed E-state index contributed by atoms with van der Waals surface area (Å²) in [6.45, 7) is 3.67. The van der Waals surface area contributed by atoms with E-state index in [0.29, 0.717) is 11.3 Å². The van der Waals surface area contributed by atoms with Crippen LogP contribution in [0, 0.1) is 5.82 Å². The topological polar surface area (TPSA) is 45.2 Å². The van der Waals surface area contributed by atoms with E-state index in [9.17, 15) is 9.18 Å². The Balaban J connectivity index is 1.62. The average Bonchev–Trinajstić information content (AvgIpc) is 2.69. The molecule has 138 valence electrons. The standard InChI is InChI=1S/C22H22FN3O/c1-2-26(16-17-8-4-3-5-9-17)21-13-12-19(15-24-21)25-22(27)14-18-10-6-7-11-20(18)23/h3-13,15H,2,14,16H2,1H3,(H,25,27). The largest absolute Gasteiger partial charge is 0.353 e. The van der Waals surface area contributed by atoms with E-state index in [1.54, 1.807) is 24.4 Å². The molecule has 0 aliphatic carbocycles. The van der Waals surface area contributed by atoms with Crippen molar-refractivity contribution in [2.24, 2.45) is 0 Å². The number of pyridine rings is 1. The number of carbonyl (C=O) groups is 1. The van der Waals surface area contributed by atoms with Crippen molar-refractivity contribution in [1.29, 1.82) is 0 Å². The molecule has 3 rings (SSSR count). The number of hydrogen-bond donors (Lipinski definition) is 1. The number of hydrogen-bond acceptors (Lipinski definition) is 3. The third-order valence-electron chi connectivity index (χ3n) is 4.26. The van der Waals surface area contributed by atoms with Crippen molar-refractivity contribution in [1.82, 2.24) is 4.98 Å². The molecule has 1 amide bonds. The molecule has 27 heavy (non-hydrogen) atoms. The number of rotatable bonds is 7. The Kier molecular flexibility index (Phi) is 6.15. The minimum atomic E-state index is -0.374. The van der Waals surface area contributed by atoms with Crippen LogP contribution < -0.4 is 10.2 Å². The number of nitrogens with zero attached hydrogens (tertiary/aromatic N) is 2. The number of carbonyl (C=O) groups excluding carboxylic acids is 1. The Bertz CT molecular complexity index is 882. The highest BCUT2D eigenvalue weighted by molar-refractivity contribution is 5.92. The van der Waals surface area contributed by atoms with Gasteiger partial charge in [0.2, 0.25) is 5.91 Å². The van der Waals surface area contributed by atoms with Gasteiger partial charge in [-0.05, 0) is 36.2 Å². The van der Waals surface area contributed by atoms with Crippen molar-refractivity contribution in [2.75, 3.05) is 16.8 Å². The third-order valence-corrected chi connectivity index (χ3v) is 4.26. The normalized spacial score (nSPS) is 10.4. The van der Waals surface area contributed by atoms with Crippen LogP contribution in [0.3, 0.4) is 0 Å². The Hall–Kier alpha value is -3.21. The van der Waals surface area contributed by atoms with Crippen LogP contribution in [-0.2, 0) is 17.8 Å². The van der Waals surface area contributed by atoms with Crippen molar-refractivity contribution >= 4 is 17.4 Å². The molecule has 0 aliphatic heterocycles. The van der Waals surface area contributed by atoms with Crippen molar-refractivity contribution in [3.8, 4) is 0 Å². The first-order chi connectivity index (χ1) is 13.2. The van der Waals surface area contributed by atoms with E-state index in [1.807, 2.05) is 30.3 Å². The molecule has 0 saturated carbocycles. The van der Waals surface area contributed by atoms with Crippen molar-refractivity contribution in [2.45, 2.75) is 19.9 Å². The monoisotopic (exact) mass is 363 g/mol. The summed E-state index contributed by atoms with van der Waals surface area (Å²) in [5.74, 6) is 0.195. The van der Waals surface area contributed by atoms with Crippen LogP contribution in [0.2, 0.25) is 0 Å². The maximum atomic E-state index is 13.7. The molecular weight excluding hydrogens is 341 g/mol. The molecule has 4 nitrogen and oxygen atoms in total. The van der Waals surface area contributed by atoms with Gasteiger partial charge in [0.05, 0.1) is 18.3 Å². The quantitative estimate of drug-likeness (QED) is 0.675. The lowest BCUT2D eigenvalue weighted by Crippen LogP contribution is -2.23. The van der Waals surface area contributed by atoms with E-state index in [1.165, 1.54) is 11.6 Å². The van der Waals surface area contributed by atoms with Gasteiger partial charge in [0.1, 0.15) is 11.6 Å². The van der Waals surface area contributed by atoms with Gasteiger partial charge in [-0.25, -0.2) is 9.37 Å². The van der Waals surface area contributed by atoms with Crippen molar-refractivity contribution in [3.63, 3.8) is 0 Å². The summed E-state index contributed by atoms with van der Waals surface area (Å²) >= 11 is 0. The molecule has 0 fully saturated rings. The predicted octanol–water partition coefficient (Wildman–Crippen LogP) is 4.43. The summed E-state index contributed by atoms with van der Waals surface area (Å²) in [6, 6.07) is 20.2. The van der Waals surface area contributed by atoms with Gasteiger partial charge in [-0.2, -0.15) is 0 Å². The highest BCUT2D eigenvalue weighted by Gasteiger charge is 2.10. The van der Waals surface area contributed by atoms with E-state index >= 15 is 0 Å². The highest BCUT2D eigenvalue weighted by atomic mass is 19.1. The van der Waals surface area contributed by atoms with Gasteiger partial charge in [-0.3, -0.25) is 4.79 Å². The van der Waals surface area contributed by atoms with Crippen LogP contribution in [0.5, 0.6) is 0 Å². The zero-order valence-electron chi connectivity index (χ0n) is 15.2. The van der Waals surface area contributed by atoms with E-state index in [0.717, 1.165) is 18.9 Å². The molecule has 2 aromatic carbocycles. The fraction of sp³-hybridized carbons (Fsp3) is 0.182. The third kappa shape index (κ3) is 5.14. The Morgan fingerprint density at radius 3 is 2.44 bits per heavy atom. The lowest BCUT2D eigenvalue weighted by Gasteiger charge is -2.22. The van der Waals surface area contributed by atoms with E-state index in [4.69, 9.17) is 0 Å². The maximum Gasteiger partial charge on any atom is 0.228 e. The first-order valence-corrected chi connectivity index (χ1v) is 8.94. The zero-order valence-corrected chi connectivity index (χ0v) is 15.2. The second-order valence-electron chi connectivity index (χ2n) is 6.22. The lowest BCUT2D eigenvalue weighted by atomic mass is 10.1. The summed E-state index contributed by atoms with van der Waals surface area (Å²) in [7, 11) is 0. The SMILES string of the molecule is CCN(Cc1ccccc1)c1ccc(NC(=O)Cc2ccccc2F)cn1. The molecule has 0 atom stereocenters. The molecule has 0 unspecified atom stereocenters. The lowest BCUT2D eigenvalue weighted by molar-refractivity contribution is -0.115. The summed E-state index contributed by atoms with van der Waals surface area (Å²) in [4.78, 5) is 18.7. The van der Waals surface area contributed by atoms with Crippen LogP contribution >= 0.6 is 0 Å². The second kappa shape index (κ2) is 8.94. The number of benzene rings is 2. The zero-order chi connectivity index (χ0) is 19.1. The van der Waals surface area contributed by atoms with E-state index < -0.39 is 0 Å². The van der Waals surface area contributed by atoms with Gasteiger partial charge in [0.15, 0.2) is 0 Å². The van der Waals surface area contributed by atoms with Crippen LogP contribution in [0.1, 0.15) is 18.1 Å². The average molecular weight is 363 g/mol. The second-order valence-corrected chi connectivity index (χ2v) is 6.22. The number of aromatic nitrogens is 1. The number of halogens is 1. The summed E-state index contributed by atoms with van der Waals surface area (Å²) in [5, 5.41) is 2.76. The van der Waals surface area contributed by atoms with Gasteiger partial charge >= 0.3 is 0 Å². The van der Waals surface area contributed by atoms with Crippen LogP contribution in [0.25, 0.3) is 0 Å². The van der Waals surface area contributed by atoms with Gasteiger partial charge in [-0.15, -0.1) is 0 Å². The number of amides is 1. The Morgan fingerprint density at radius 1 is 1.04 bits per heavy atom. The van der Waals surface area contributed by atoms with E-state index in [2.05, 4.69) is 34.3 Å². The molecule has 1 heterocycles. The molecule has 1 aromatic heterocycles. The van der Waals surface area contributed by atoms with Gasteiger partial charge < -0.3 is 10.2 Å². The number of nitrogens with one attached hydrogen (secondary N) is 1. The van der Waals surface area contributed by atoms with Crippen molar-refractivity contribution < 1.29 is 9.18 Å². The first kappa shape index (κ1) is 18.6. The fourth-order valence-corrected chi connectivity index (χ4v) is 2.83. The van der Waals surface area contributed by atoms with E-state index in [-0.39, 0.29) is 18.1 Å². The molecule has 5 heteroatoms. The summed E-state index contributed by atoms with van der Waals surface area (Å²) < 4.78 is 13.7. The van der Waals surface area contributed by atoms with Crippen LogP contribution in [0.4, 0.5) is 15.9 Å². The molecule has 1 N–H and O–H groups in total. The minimum absolute atomic E-state index is 0.0104. The molecule has 3 aromatic rings. The molecule has 0 saturated heterocycles. The van der Waals surface area contributed by atoms with Gasteiger partial charge in [0.25, 0.3) is 0 Å². The van der Waals surface area contributed by atoms with Gasteiger partial charge in [0, 0.05) is 13.1 Å². The molecule has 0 bridgehead atoms. The molecular formula is C22H22FN3O. The number of anilines is 2. The molecule has 0 radical (unpaired) electrons. The highest BCUT2D eigenvalue weighted by Crippen LogP contribution is 2.17. The summed E-state index contributed by atoms with van der Waals surface area (Å²) in [5.41, 5.74) is 2.18. The maximum absolute atomic E-state index is 13.7. The van der Waals surface area contributed by atoms with Crippen LogP contribution in [0.15, 0.2) is 72.9 Å². The van der Waals surface area contributed by atoms with Crippen molar-refractivity contribution in [3.05, 3.63) is 89.9 Å². The fourth-order valence-electron chi connectivity index (χ4n) is 2.83. The van der Waals surface area contributed by atoms with Crippen LogP contribution in [-0.4, -0.2) is 17.4 Å². The molecule has 0 aliphatic rings. The Morgan fingerprint density at radius 2 is 1.78 bits per heavy atom. The van der Waals surface area contributed by atoms with Gasteiger partial charge in [-0.1, -0.05) is 48.5 Å². The summed E-state index contributed by atoms with van der Waals surface area (Å²) in [6.07, 6.45) is 1.62. The Labute approximate surface area is 158 Å². The first-order valence-electron chi connectivity index (χ1n) is 8.94. The minimum Gasteiger partial charge on any atom is -0.353 e. The molecule has 0 spiro atoms.